The molecule has 0 atom stereocenters. The van der Waals surface area contributed by atoms with Gasteiger partial charge in [-0.2, -0.15) is 0 Å². The van der Waals surface area contributed by atoms with Crippen molar-refractivity contribution in [3.8, 4) is 0 Å². The maximum Gasteiger partial charge on any atom is 0.107 e. The van der Waals surface area contributed by atoms with Gasteiger partial charge < -0.3 is 10.3 Å². The van der Waals surface area contributed by atoms with Gasteiger partial charge in [0.1, 0.15) is 5.82 Å². The number of para-hydroxylation sites is 2. The van der Waals surface area contributed by atoms with E-state index in [4.69, 9.17) is 5.73 Å². The highest BCUT2D eigenvalue weighted by atomic mass is 79.9. The molecule has 0 fully saturated rings. The molecule has 96 valence electrons. The van der Waals surface area contributed by atoms with Gasteiger partial charge in [-0.25, -0.2) is 4.98 Å². The van der Waals surface area contributed by atoms with Crippen molar-refractivity contribution in [1.29, 1.82) is 0 Å². The predicted octanol–water partition coefficient (Wildman–Crippen LogP) is 3.74. The van der Waals surface area contributed by atoms with Gasteiger partial charge in [0.2, 0.25) is 0 Å². The summed E-state index contributed by atoms with van der Waals surface area (Å²) in [5.74, 6) is 1.01. The Labute approximate surface area is 120 Å². The molecule has 0 saturated carbocycles. The van der Waals surface area contributed by atoms with Gasteiger partial charge in [0, 0.05) is 16.7 Å². The second kappa shape index (κ2) is 4.70. The van der Waals surface area contributed by atoms with Crippen LogP contribution in [0, 0.1) is 6.92 Å². The molecule has 3 aromatic rings. The summed E-state index contributed by atoms with van der Waals surface area (Å²) in [4.78, 5) is 4.57. The van der Waals surface area contributed by atoms with Crippen molar-refractivity contribution < 1.29 is 0 Å². The van der Waals surface area contributed by atoms with E-state index in [0.717, 1.165) is 39.1 Å². The zero-order valence-electron chi connectivity index (χ0n) is 10.6. The highest BCUT2D eigenvalue weighted by Gasteiger charge is 2.07. The minimum Gasteiger partial charge on any atom is -0.399 e. The molecule has 0 spiro atoms. The van der Waals surface area contributed by atoms with Gasteiger partial charge in [-0.3, -0.25) is 0 Å². The molecule has 19 heavy (non-hydrogen) atoms. The Morgan fingerprint density at radius 3 is 2.79 bits per heavy atom. The van der Waals surface area contributed by atoms with Gasteiger partial charge in [0.25, 0.3) is 0 Å². The maximum atomic E-state index is 5.88. The summed E-state index contributed by atoms with van der Waals surface area (Å²) in [5, 5.41) is 0. The zero-order chi connectivity index (χ0) is 13.4. The molecule has 4 heteroatoms. The second-order valence-corrected chi connectivity index (χ2v) is 5.54. The number of nitrogens with two attached hydrogens (primary N) is 1. The van der Waals surface area contributed by atoms with Crippen molar-refractivity contribution in [3.63, 3.8) is 0 Å². The van der Waals surface area contributed by atoms with E-state index in [-0.39, 0.29) is 0 Å². The molecule has 3 rings (SSSR count). The normalized spacial score (nSPS) is 11.1. The highest BCUT2D eigenvalue weighted by Crippen LogP contribution is 2.21. The zero-order valence-corrected chi connectivity index (χ0v) is 12.2. The predicted molar refractivity (Wildman–Crippen MR) is 82.1 cm³/mol. The lowest BCUT2D eigenvalue weighted by molar-refractivity contribution is 0.786. The number of aromatic nitrogens is 2. The largest absolute Gasteiger partial charge is 0.399 e. The molecule has 0 unspecified atom stereocenters. The van der Waals surface area contributed by atoms with E-state index < -0.39 is 0 Å². The van der Waals surface area contributed by atoms with Crippen molar-refractivity contribution in [3.05, 3.63) is 58.3 Å². The first-order valence-electron chi connectivity index (χ1n) is 6.10. The second-order valence-electron chi connectivity index (χ2n) is 4.63. The van der Waals surface area contributed by atoms with Gasteiger partial charge in [0.15, 0.2) is 0 Å². The minimum atomic E-state index is 0.770. The number of rotatable bonds is 2. The average Bonchev–Trinajstić information content (AvgIpc) is 2.65. The van der Waals surface area contributed by atoms with Crippen LogP contribution in [0.4, 0.5) is 5.69 Å². The molecule has 0 amide bonds. The smallest absolute Gasteiger partial charge is 0.107 e. The third kappa shape index (κ3) is 2.36. The molecule has 0 saturated heterocycles. The van der Waals surface area contributed by atoms with Crippen LogP contribution in [0.3, 0.4) is 0 Å². The van der Waals surface area contributed by atoms with Crippen LogP contribution in [0.15, 0.2) is 46.9 Å². The standard InChI is InChI=1S/C15H14BrN3/c1-10-18-14-4-2-3-5-15(14)19(10)9-11-6-12(16)8-13(17)7-11/h2-8H,9,17H2,1H3. The SMILES string of the molecule is Cc1nc2ccccc2n1Cc1cc(N)cc(Br)c1. The van der Waals surface area contributed by atoms with Crippen LogP contribution >= 0.6 is 15.9 Å². The van der Waals surface area contributed by atoms with Crippen LogP contribution in [0.5, 0.6) is 0 Å². The lowest BCUT2D eigenvalue weighted by Gasteiger charge is -2.08. The number of halogens is 1. The number of benzene rings is 2. The van der Waals surface area contributed by atoms with Crippen molar-refractivity contribution in [1.82, 2.24) is 9.55 Å². The number of fused-ring (bicyclic) bond motifs is 1. The number of imidazole rings is 1. The van der Waals surface area contributed by atoms with Crippen LogP contribution in [-0.2, 0) is 6.54 Å². The summed E-state index contributed by atoms with van der Waals surface area (Å²) in [7, 11) is 0. The number of anilines is 1. The summed E-state index contributed by atoms with van der Waals surface area (Å²) < 4.78 is 3.21. The molecule has 0 bridgehead atoms. The highest BCUT2D eigenvalue weighted by molar-refractivity contribution is 9.10. The molecule has 0 aliphatic rings. The van der Waals surface area contributed by atoms with E-state index in [0.29, 0.717) is 0 Å². The van der Waals surface area contributed by atoms with Gasteiger partial charge in [0.05, 0.1) is 11.0 Å². The molecule has 0 aliphatic carbocycles. The fourth-order valence-electron chi connectivity index (χ4n) is 2.34. The van der Waals surface area contributed by atoms with E-state index >= 15 is 0 Å². The van der Waals surface area contributed by atoms with Gasteiger partial charge in [-0.15, -0.1) is 0 Å². The van der Waals surface area contributed by atoms with Crippen LogP contribution < -0.4 is 5.73 Å². The molecular weight excluding hydrogens is 302 g/mol. The lowest BCUT2D eigenvalue weighted by atomic mass is 10.2. The van der Waals surface area contributed by atoms with E-state index in [2.05, 4.69) is 37.6 Å². The van der Waals surface area contributed by atoms with E-state index in [1.54, 1.807) is 0 Å². The Bertz CT molecular complexity index is 726. The van der Waals surface area contributed by atoms with Crippen LogP contribution in [-0.4, -0.2) is 9.55 Å². The maximum absolute atomic E-state index is 5.88. The molecule has 0 aliphatic heterocycles. The van der Waals surface area contributed by atoms with Crippen LogP contribution in [0.2, 0.25) is 0 Å². The molecule has 0 radical (unpaired) electrons. The topological polar surface area (TPSA) is 43.8 Å². The first-order valence-corrected chi connectivity index (χ1v) is 6.89. The van der Waals surface area contributed by atoms with E-state index in [1.807, 2.05) is 37.3 Å². The third-order valence-corrected chi connectivity index (χ3v) is 3.62. The number of hydrogen-bond acceptors (Lipinski definition) is 2. The molecule has 2 N–H and O–H groups in total. The fraction of sp³-hybridized carbons (Fsp3) is 0.133. The molecule has 2 aromatic carbocycles. The summed E-state index contributed by atoms with van der Waals surface area (Å²) in [6.07, 6.45) is 0. The van der Waals surface area contributed by atoms with Gasteiger partial charge >= 0.3 is 0 Å². The van der Waals surface area contributed by atoms with E-state index in [1.165, 1.54) is 0 Å². The van der Waals surface area contributed by atoms with Gasteiger partial charge in [-0.1, -0.05) is 28.1 Å². The lowest BCUT2D eigenvalue weighted by Crippen LogP contribution is -2.02. The average molecular weight is 316 g/mol. The van der Waals surface area contributed by atoms with Crippen molar-refractivity contribution in [2.45, 2.75) is 13.5 Å². The summed E-state index contributed by atoms with van der Waals surface area (Å²) in [6.45, 7) is 2.80. The van der Waals surface area contributed by atoms with Gasteiger partial charge in [-0.05, 0) is 42.8 Å². The van der Waals surface area contributed by atoms with Crippen molar-refractivity contribution in [2.24, 2.45) is 0 Å². The molecule has 1 heterocycles. The molecule has 3 nitrogen and oxygen atoms in total. The fourth-order valence-corrected chi connectivity index (χ4v) is 2.90. The monoisotopic (exact) mass is 315 g/mol. The Morgan fingerprint density at radius 1 is 1.21 bits per heavy atom. The van der Waals surface area contributed by atoms with Crippen LogP contribution in [0.1, 0.15) is 11.4 Å². The third-order valence-electron chi connectivity index (χ3n) is 3.17. The van der Waals surface area contributed by atoms with Crippen molar-refractivity contribution in [2.75, 3.05) is 5.73 Å². The Balaban J connectivity index is 2.07. The first-order chi connectivity index (χ1) is 9.13. The van der Waals surface area contributed by atoms with Crippen molar-refractivity contribution >= 4 is 32.7 Å². The van der Waals surface area contributed by atoms with Crippen LogP contribution in [0.25, 0.3) is 11.0 Å². The Kier molecular flexibility index (Phi) is 3.03. The number of nitrogens with zero attached hydrogens (tertiary/aromatic N) is 2. The quantitative estimate of drug-likeness (QED) is 0.732. The minimum absolute atomic E-state index is 0.770. The number of hydrogen-bond donors (Lipinski definition) is 1. The molecular formula is C15H14BrN3. The number of nitrogen functional groups attached to an aromatic ring is 1. The Hall–Kier alpha value is -1.81. The molecule has 1 aromatic heterocycles. The summed E-state index contributed by atoms with van der Waals surface area (Å²) >= 11 is 3.48. The number of aryl methyl sites for hydroxylation is 1. The Morgan fingerprint density at radius 2 is 2.00 bits per heavy atom. The summed E-state index contributed by atoms with van der Waals surface area (Å²) in [6, 6.07) is 14.2. The van der Waals surface area contributed by atoms with E-state index in [9.17, 15) is 0 Å². The summed E-state index contributed by atoms with van der Waals surface area (Å²) in [5.41, 5.74) is 10.0. The first kappa shape index (κ1) is 12.2.